The molecule has 0 unspecified atom stereocenters. The summed E-state index contributed by atoms with van der Waals surface area (Å²) in [6, 6.07) is 12.5. The lowest BCUT2D eigenvalue weighted by molar-refractivity contribution is -0.392. The Balaban J connectivity index is 1.50. The standard InChI is InChI=1S/C24H23N3O6/c1-3-31-22-13-17(12-18-15-33-20-7-5-4-6-19(20)24(18)28)8-9-21(22)32-11-10-26-16(2)25-14-23(26)27(29)30/h4-9,12-14H,3,10-11,15H2,1-2H3/b18-12+. The highest BCUT2D eigenvalue weighted by atomic mass is 16.6. The Hall–Kier alpha value is -4.14. The molecule has 4 rings (SSSR count). The van der Waals surface area contributed by atoms with Gasteiger partial charge in [-0.1, -0.05) is 18.2 Å². The maximum atomic E-state index is 12.8. The molecule has 0 saturated heterocycles. The molecule has 1 aromatic heterocycles. The molecular weight excluding hydrogens is 426 g/mol. The molecule has 2 heterocycles. The Bertz CT molecular complexity index is 1230. The molecule has 9 heteroatoms. The Morgan fingerprint density at radius 1 is 1.21 bits per heavy atom. The van der Waals surface area contributed by atoms with Gasteiger partial charge in [-0.3, -0.25) is 4.79 Å². The maximum Gasteiger partial charge on any atom is 0.342 e. The molecule has 2 aromatic carbocycles. The number of carbonyl (C=O) groups is 1. The lowest BCUT2D eigenvalue weighted by Gasteiger charge is -2.18. The van der Waals surface area contributed by atoms with Crippen molar-refractivity contribution in [2.75, 3.05) is 19.8 Å². The Labute approximate surface area is 190 Å². The summed E-state index contributed by atoms with van der Waals surface area (Å²) in [6.07, 6.45) is 3.01. The van der Waals surface area contributed by atoms with E-state index in [4.69, 9.17) is 14.2 Å². The lowest BCUT2D eigenvalue weighted by atomic mass is 9.98. The van der Waals surface area contributed by atoms with Crippen LogP contribution < -0.4 is 14.2 Å². The topological polar surface area (TPSA) is 106 Å². The number of aromatic nitrogens is 2. The largest absolute Gasteiger partial charge is 0.490 e. The number of ether oxygens (including phenoxy) is 3. The van der Waals surface area contributed by atoms with E-state index in [1.54, 1.807) is 37.3 Å². The number of nitrogens with zero attached hydrogens (tertiary/aromatic N) is 3. The molecule has 0 radical (unpaired) electrons. The van der Waals surface area contributed by atoms with Crippen LogP contribution in [0, 0.1) is 17.0 Å². The number of para-hydroxylation sites is 1. The fraction of sp³-hybridized carbons (Fsp3) is 0.250. The molecule has 0 bridgehead atoms. The molecule has 0 N–H and O–H groups in total. The normalized spacial score (nSPS) is 14.0. The number of Topliss-reactive ketones (excluding diaryl/α,β-unsaturated/α-hetero) is 1. The van der Waals surface area contributed by atoms with Crippen molar-refractivity contribution in [2.45, 2.75) is 20.4 Å². The molecule has 1 aliphatic rings. The predicted octanol–water partition coefficient (Wildman–Crippen LogP) is 4.24. The first-order chi connectivity index (χ1) is 16.0. The second-order valence-corrected chi connectivity index (χ2v) is 7.34. The number of hydrogen-bond acceptors (Lipinski definition) is 7. The van der Waals surface area contributed by atoms with Gasteiger partial charge in [0.2, 0.25) is 0 Å². The average molecular weight is 449 g/mol. The Kier molecular flexibility index (Phi) is 6.39. The third kappa shape index (κ3) is 4.72. The average Bonchev–Trinajstić information content (AvgIpc) is 3.18. The van der Waals surface area contributed by atoms with E-state index >= 15 is 0 Å². The highest BCUT2D eigenvalue weighted by molar-refractivity contribution is 6.14. The zero-order valence-corrected chi connectivity index (χ0v) is 18.3. The smallest absolute Gasteiger partial charge is 0.342 e. The van der Waals surface area contributed by atoms with E-state index in [1.807, 2.05) is 25.1 Å². The quantitative estimate of drug-likeness (QED) is 0.288. The monoisotopic (exact) mass is 449 g/mol. The van der Waals surface area contributed by atoms with Gasteiger partial charge in [-0.25, -0.2) is 9.55 Å². The van der Waals surface area contributed by atoms with E-state index in [0.717, 1.165) is 5.56 Å². The SMILES string of the molecule is CCOc1cc(/C=C2\COc3ccccc3C2=O)ccc1OCCn1c([N+](=O)[O-])cnc1C. The first-order valence-corrected chi connectivity index (χ1v) is 10.5. The summed E-state index contributed by atoms with van der Waals surface area (Å²) in [6.45, 7) is 4.66. The zero-order chi connectivity index (χ0) is 23.4. The van der Waals surface area contributed by atoms with Crippen LogP contribution in [0.2, 0.25) is 0 Å². The zero-order valence-electron chi connectivity index (χ0n) is 18.3. The van der Waals surface area contributed by atoms with Gasteiger partial charge in [-0.15, -0.1) is 0 Å². The van der Waals surface area contributed by atoms with Crippen LogP contribution in [0.3, 0.4) is 0 Å². The van der Waals surface area contributed by atoms with Gasteiger partial charge < -0.3 is 24.3 Å². The fourth-order valence-electron chi connectivity index (χ4n) is 3.61. The molecule has 9 nitrogen and oxygen atoms in total. The third-order valence-corrected chi connectivity index (χ3v) is 5.21. The Morgan fingerprint density at radius 2 is 2.03 bits per heavy atom. The van der Waals surface area contributed by atoms with E-state index < -0.39 is 4.92 Å². The summed E-state index contributed by atoms with van der Waals surface area (Å²) < 4.78 is 18.8. The molecule has 1 aliphatic heterocycles. The summed E-state index contributed by atoms with van der Waals surface area (Å²) in [5, 5.41) is 11.1. The van der Waals surface area contributed by atoms with Gasteiger partial charge in [0.05, 0.1) is 12.2 Å². The molecule has 0 fully saturated rings. The first kappa shape index (κ1) is 22.1. The van der Waals surface area contributed by atoms with Gasteiger partial charge in [-0.2, -0.15) is 0 Å². The van der Waals surface area contributed by atoms with Gasteiger partial charge >= 0.3 is 5.82 Å². The highest BCUT2D eigenvalue weighted by Gasteiger charge is 2.23. The second kappa shape index (κ2) is 9.56. The van der Waals surface area contributed by atoms with E-state index in [2.05, 4.69) is 4.98 Å². The number of aryl methyl sites for hydroxylation is 1. The fourth-order valence-corrected chi connectivity index (χ4v) is 3.61. The summed E-state index contributed by atoms with van der Waals surface area (Å²) in [5.74, 6) is 2.02. The van der Waals surface area contributed by atoms with E-state index in [1.165, 1.54) is 10.8 Å². The maximum absolute atomic E-state index is 12.8. The number of benzene rings is 2. The number of hydrogen-bond donors (Lipinski definition) is 0. The van der Waals surface area contributed by atoms with Crippen molar-refractivity contribution in [1.82, 2.24) is 9.55 Å². The van der Waals surface area contributed by atoms with Crippen molar-refractivity contribution in [3.8, 4) is 17.2 Å². The summed E-state index contributed by atoms with van der Waals surface area (Å²) in [5.41, 5.74) is 1.87. The lowest BCUT2D eigenvalue weighted by Crippen LogP contribution is -2.18. The van der Waals surface area contributed by atoms with Crippen molar-refractivity contribution in [3.63, 3.8) is 0 Å². The van der Waals surface area contributed by atoms with Crippen LogP contribution in [0.1, 0.15) is 28.7 Å². The summed E-state index contributed by atoms with van der Waals surface area (Å²) in [4.78, 5) is 27.5. The molecular formula is C24H23N3O6. The number of imidazole rings is 1. The van der Waals surface area contributed by atoms with Gasteiger partial charge in [0.1, 0.15) is 31.7 Å². The van der Waals surface area contributed by atoms with Crippen LogP contribution in [0.4, 0.5) is 5.82 Å². The third-order valence-electron chi connectivity index (χ3n) is 5.21. The molecule has 0 saturated carbocycles. The molecule has 33 heavy (non-hydrogen) atoms. The van der Waals surface area contributed by atoms with Crippen molar-refractivity contribution < 1.29 is 23.9 Å². The van der Waals surface area contributed by atoms with Crippen LogP contribution in [-0.2, 0) is 6.54 Å². The van der Waals surface area contributed by atoms with Gasteiger partial charge in [0.25, 0.3) is 0 Å². The highest BCUT2D eigenvalue weighted by Crippen LogP contribution is 2.32. The van der Waals surface area contributed by atoms with E-state index in [9.17, 15) is 14.9 Å². The van der Waals surface area contributed by atoms with Crippen molar-refractivity contribution in [2.24, 2.45) is 0 Å². The minimum Gasteiger partial charge on any atom is -0.490 e. The summed E-state index contributed by atoms with van der Waals surface area (Å²) in [7, 11) is 0. The van der Waals surface area contributed by atoms with Crippen molar-refractivity contribution in [1.29, 1.82) is 0 Å². The molecule has 3 aromatic rings. The molecule has 170 valence electrons. The minimum absolute atomic E-state index is 0.0626. The number of ketones is 1. The van der Waals surface area contributed by atoms with Crippen LogP contribution >= 0.6 is 0 Å². The van der Waals surface area contributed by atoms with Crippen LogP contribution in [0.15, 0.2) is 54.2 Å². The summed E-state index contributed by atoms with van der Waals surface area (Å²) >= 11 is 0. The Morgan fingerprint density at radius 3 is 2.82 bits per heavy atom. The van der Waals surface area contributed by atoms with Crippen LogP contribution in [0.25, 0.3) is 6.08 Å². The van der Waals surface area contributed by atoms with Gasteiger partial charge in [0, 0.05) is 12.5 Å². The number of rotatable bonds is 8. The van der Waals surface area contributed by atoms with Gasteiger partial charge in [-0.05, 0) is 47.8 Å². The molecule has 0 aliphatic carbocycles. The second-order valence-electron chi connectivity index (χ2n) is 7.34. The molecule has 0 atom stereocenters. The predicted molar refractivity (Wildman–Crippen MR) is 121 cm³/mol. The minimum atomic E-state index is -0.470. The number of nitro groups is 1. The van der Waals surface area contributed by atoms with E-state index in [0.29, 0.717) is 40.8 Å². The first-order valence-electron chi connectivity index (χ1n) is 10.5. The van der Waals surface area contributed by atoms with Crippen LogP contribution in [0.5, 0.6) is 17.2 Å². The van der Waals surface area contributed by atoms with Gasteiger partial charge in [0.15, 0.2) is 23.1 Å². The molecule has 0 amide bonds. The van der Waals surface area contributed by atoms with Crippen molar-refractivity contribution >= 4 is 17.7 Å². The van der Waals surface area contributed by atoms with Crippen molar-refractivity contribution in [3.05, 3.63) is 81.3 Å². The van der Waals surface area contributed by atoms with E-state index in [-0.39, 0.29) is 31.4 Å². The molecule has 0 spiro atoms. The number of fused-ring (bicyclic) bond motifs is 1. The van der Waals surface area contributed by atoms with Crippen LogP contribution in [-0.4, -0.2) is 40.1 Å². The number of carbonyl (C=O) groups excluding carboxylic acids is 1.